The third-order valence-corrected chi connectivity index (χ3v) is 1.75. The summed E-state index contributed by atoms with van der Waals surface area (Å²) in [6, 6.07) is 6.68. The fourth-order valence-corrected chi connectivity index (χ4v) is 1.05. The van der Waals surface area contributed by atoms with Gasteiger partial charge in [-0.1, -0.05) is 12.1 Å². The molecule has 105 valence electrons. The van der Waals surface area contributed by atoms with E-state index >= 15 is 0 Å². The van der Waals surface area contributed by atoms with E-state index in [-0.39, 0.29) is 45.8 Å². The van der Waals surface area contributed by atoms with Crippen LogP contribution in [0.3, 0.4) is 0 Å². The van der Waals surface area contributed by atoms with Gasteiger partial charge < -0.3 is 26.6 Å². The molecule has 0 saturated carbocycles. The molecule has 0 saturated heterocycles. The van der Waals surface area contributed by atoms with E-state index in [9.17, 15) is 9.90 Å². The molecule has 0 aromatic heterocycles. The van der Waals surface area contributed by atoms with Gasteiger partial charge in [0, 0.05) is 28.3 Å². The number of hydrogen-bond acceptors (Lipinski definition) is 3. The Bertz CT molecular complexity index is 382. The molecule has 1 radical (unpaired) electrons. The number of carboxylic acids is 1. The van der Waals surface area contributed by atoms with E-state index in [1.54, 1.807) is 25.1 Å². The van der Waals surface area contributed by atoms with Crippen molar-refractivity contribution in [2.45, 2.75) is 6.92 Å². The standard InChI is InChI=1S/C10H11NO3.Mn.3H2O/c1-7(11-6-10(13)14)8-4-2-3-5-9(8)12;;;;/h2-5,12H,6H2,1H3,(H,13,14);;3*1H2/p+3. The number of aliphatic imine (C=N–C) groups is 1. The molecule has 0 aliphatic heterocycles. The molecule has 0 spiro atoms. The van der Waals surface area contributed by atoms with Crippen LogP contribution in [0.15, 0.2) is 29.3 Å². The van der Waals surface area contributed by atoms with Gasteiger partial charge in [0.2, 0.25) is 0 Å². The Balaban J connectivity index is -0.000000245. The Morgan fingerprint density at radius 1 is 1.22 bits per heavy atom. The van der Waals surface area contributed by atoms with Crippen LogP contribution < -0.4 is 0 Å². The van der Waals surface area contributed by atoms with E-state index in [1.165, 1.54) is 6.07 Å². The monoisotopic (exact) mass is 305 g/mol. The zero-order valence-corrected chi connectivity index (χ0v) is 11.1. The minimum absolute atomic E-state index is 0. The van der Waals surface area contributed by atoms with E-state index in [0.717, 1.165) is 0 Å². The number of aliphatic carboxylic acids is 1. The second kappa shape index (κ2) is 12.0. The number of hydrogen-bond donors (Lipinski definition) is 2. The minimum atomic E-state index is -0.986. The first kappa shape index (κ1) is 25.4. The zero-order valence-electron chi connectivity index (χ0n) is 9.88. The maximum absolute atomic E-state index is 10.3. The summed E-state index contributed by atoms with van der Waals surface area (Å²) in [5.41, 5.74) is 1.08. The average molecular weight is 305 g/mol. The maximum Gasteiger partial charge on any atom is 0.325 e. The molecule has 1 aromatic carbocycles. The molecule has 11 N–H and O–H groups in total. The maximum atomic E-state index is 10.3. The Hall–Kier alpha value is -1.44. The number of nitrogens with zero attached hydrogens (tertiary/aromatic N) is 1. The van der Waals surface area contributed by atoms with E-state index in [1.807, 2.05) is 0 Å². The molecule has 0 aliphatic carbocycles. The van der Waals surface area contributed by atoms with E-state index < -0.39 is 5.97 Å². The van der Waals surface area contributed by atoms with Crippen LogP contribution in [0, 0.1) is 0 Å². The van der Waals surface area contributed by atoms with Crippen LogP contribution in [0.4, 0.5) is 0 Å². The molecule has 0 fully saturated rings. The van der Waals surface area contributed by atoms with E-state index in [0.29, 0.717) is 11.3 Å². The smallest absolute Gasteiger partial charge is 0.325 e. The fourth-order valence-electron chi connectivity index (χ4n) is 1.05. The van der Waals surface area contributed by atoms with Gasteiger partial charge in [-0.25, -0.2) is 0 Å². The van der Waals surface area contributed by atoms with Crippen molar-refractivity contribution in [3.8, 4) is 5.75 Å². The Morgan fingerprint density at radius 2 is 1.72 bits per heavy atom. The molecule has 7 nitrogen and oxygen atoms in total. The molecular weight excluding hydrogens is 285 g/mol. The number of aromatic hydroxyl groups is 1. The van der Waals surface area contributed by atoms with Gasteiger partial charge >= 0.3 is 5.97 Å². The van der Waals surface area contributed by atoms with Crippen LogP contribution in [-0.4, -0.2) is 28.4 Å². The Labute approximate surface area is 115 Å². The molecule has 0 bridgehead atoms. The summed E-state index contributed by atoms with van der Waals surface area (Å²) >= 11 is 0. The predicted molar refractivity (Wildman–Crippen MR) is 67.4 cm³/mol. The van der Waals surface area contributed by atoms with Crippen LogP contribution in [-0.2, 0) is 38.3 Å². The number of phenols is 1. The van der Waals surface area contributed by atoms with Crippen molar-refractivity contribution >= 4 is 11.7 Å². The second-order valence-electron chi connectivity index (χ2n) is 2.81. The molecule has 1 aromatic rings. The van der Waals surface area contributed by atoms with Gasteiger partial charge in [0.05, 0.1) is 0 Å². The van der Waals surface area contributed by atoms with Crippen LogP contribution in [0.5, 0.6) is 5.75 Å². The van der Waals surface area contributed by atoms with Gasteiger partial charge in [-0.2, -0.15) is 0 Å². The number of carbonyl (C=O) groups is 1. The molecule has 1 rings (SSSR count). The average Bonchev–Trinajstić information content (AvgIpc) is 2.15. The van der Waals surface area contributed by atoms with E-state index in [2.05, 4.69) is 4.99 Å². The normalized spacial score (nSPS) is 8.83. The fraction of sp³-hybridized carbons (Fsp3) is 0.200. The van der Waals surface area contributed by atoms with Gasteiger partial charge in [-0.05, 0) is 19.1 Å². The number of benzene rings is 1. The van der Waals surface area contributed by atoms with Crippen LogP contribution in [0.25, 0.3) is 0 Å². The van der Waals surface area contributed by atoms with E-state index in [4.69, 9.17) is 5.11 Å². The molecule has 0 heterocycles. The van der Waals surface area contributed by atoms with Crippen LogP contribution >= 0.6 is 0 Å². The van der Waals surface area contributed by atoms with Gasteiger partial charge in [-0.3, -0.25) is 9.79 Å². The van der Waals surface area contributed by atoms with Crippen LogP contribution in [0.1, 0.15) is 12.5 Å². The van der Waals surface area contributed by atoms with Crippen molar-refractivity contribution in [1.29, 1.82) is 0 Å². The topological polar surface area (TPSA) is 169 Å². The van der Waals surface area contributed by atoms with Crippen molar-refractivity contribution in [1.82, 2.24) is 0 Å². The summed E-state index contributed by atoms with van der Waals surface area (Å²) in [5.74, 6) is -0.876. The molecule has 18 heavy (non-hydrogen) atoms. The first-order valence-corrected chi connectivity index (χ1v) is 4.12. The summed E-state index contributed by atoms with van der Waals surface area (Å²) in [4.78, 5) is 14.1. The van der Waals surface area contributed by atoms with Gasteiger partial charge in [-0.15, -0.1) is 0 Å². The van der Waals surface area contributed by atoms with Crippen molar-refractivity contribution < 1.29 is 48.5 Å². The van der Waals surface area contributed by atoms with Crippen molar-refractivity contribution in [2.75, 3.05) is 6.54 Å². The predicted octanol–water partition coefficient (Wildman–Crippen LogP) is -1.48. The summed E-state index contributed by atoms with van der Waals surface area (Å²) in [7, 11) is 0. The quantitative estimate of drug-likeness (QED) is 0.395. The van der Waals surface area contributed by atoms with Gasteiger partial charge in [0.15, 0.2) is 0 Å². The number of rotatable bonds is 3. The Morgan fingerprint density at radius 3 is 2.17 bits per heavy atom. The van der Waals surface area contributed by atoms with Crippen molar-refractivity contribution in [2.24, 2.45) is 4.99 Å². The van der Waals surface area contributed by atoms with Crippen LogP contribution in [0.2, 0.25) is 0 Å². The molecule has 0 unspecified atom stereocenters. The van der Waals surface area contributed by atoms with Crippen molar-refractivity contribution in [3.05, 3.63) is 29.8 Å². The number of para-hydroxylation sites is 1. The second-order valence-corrected chi connectivity index (χ2v) is 2.81. The first-order chi connectivity index (χ1) is 6.61. The summed E-state index contributed by atoms with van der Waals surface area (Å²) < 4.78 is 0. The summed E-state index contributed by atoms with van der Waals surface area (Å²) in [5, 5.41) is 17.8. The number of carboxylic acid groups (broad SMARTS) is 1. The third kappa shape index (κ3) is 7.77. The Kier molecular flexibility index (Phi) is 17.0. The third-order valence-electron chi connectivity index (χ3n) is 1.75. The summed E-state index contributed by atoms with van der Waals surface area (Å²) in [6.45, 7) is 1.39. The number of phenolic OH excluding ortho intramolecular Hbond substituents is 1. The SMILES string of the molecule is CC(=NCC(=O)O)c1ccccc1O.[Mn].[OH3+].[OH3+].[OH3+]. The van der Waals surface area contributed by atoms with Gasteiger partial charge in [0.25, 0.3) is 0 Å². The minimum Gasteiger partial charge on any atom is -0.507 e. The molecule has 0 atom stereocenters. The first-order valence-electron chi connectivity index (χ1n) is 4.12. The summed E-state index contributed by atoms with van der Waals surface area (Å²) in [6.07, 6.45) is 0. The van der Waals surface area contributed by atoms with Gasteiger partial charge in [0.1, 0.15) is 12.3 Å². The van der Waals surface area contributed by atoms with Crippen molar-refractivity contribution in [3.63, 3.8) is 0 Å². The molecule has 0 amide bonds. The molecule has 0 aliphatic rings. The molecular formula is C10H20MnNO6+3. The zero-order chi connectivity index (χ0) is 10.6. The molecule has 8 heteroatoms. The largest absolute Gasteiger partial charge is 0.507 e.